The summed E-state index contributed by atoms with van der Waals surface area (Å²) in [6.45, 7) is 0.780. The maximum absolute atomic E-state index is 13.9. The maximum atomic E-state index is 13.9. The molecule has 1 N–H and O–H groups in total. The van der Waals surface area contributed by atoms with Crippen molar-refractivity contribution >= 4 is 17.9 Å². The predicted octanol–water partition coefficient (Wildman–Crippen LogP) is 4.20. The van der Waals surface area contributed by atoms with Gasteiger partial charge in [0.2, 0.25) is 5.91 Å². The van der Waals surface area contributed by atoms with Crippen molar-refractivity contribution in [3.63, 3.8) is 0 Å². The lowest BCUT2D eigenvalue weighted by atomic mass is 9.89. The Kier molecular flexibility index (Phi) is 6.80. The number of amides is 1. The van der Waals surface area contributed by atoms with Gasteiger partial charge in [-0.05, 0) is 16.7 Å². The number of piperazine rings is 1. The van der Waals surface area contributed by atoms with Crippen molar-refractivity contribution in [2.45, 2.75) is 18.4 Å². The molecule has 0 radical (unpaired) electrons. The average molecular weight is 482 g/mol. The van der Waals surface area contributed by atoms with Crippen LogP contribution in [0.5, 0.6) is 0 Å². The van der Waals surface area contributed by atoms with Crippen LogP contribution < -0.4 is 4.90 Å². The SMILES string of the molecule is O=C(O)[C@@H]1CN(c2ncc(Cc3ccccc3)o2)CCN1C(=O)C(c1ccccc1)c1ccccc1. The zero-order chi connectivity index (χ0) is 24.9. The second-order valence-corrected chi connectivity index (χ2v) is 8.86. The number of oxazole rings is 1. The minimum atomic E-state index is -1.05. The lowest BCUT2D eigenvalue weighted by Crippen LogP contribution is -2.59. The zero-order valence-corrected chi connectivity index (χ0v) is 19.7. The van der Waals surface area contributed by atoms with E-state index >= 15 is 0 Å². The molecule has 0 aliphatic carbocycles. The van der Waals surface area contributed by atoms with E-state index in [1.807, 2.05) is 91.0 Å². The van der Waals surface area contributed by atoms with Gasteiger partial charge in [-0.3, -0.25) is 4.79 Å². The number of carboxylic acids is 1. The number of aliphatic carboxylic acids is 1. The van der Waals surface area contributed by atoms with Crippen LogP contribution in [0.15, 0.2) is 102 Å². The van der Waals surface area contributed by atoms with Gasteiger partial charge in [0, 0.05) is 19.5 Å². The molecule has 5 rings (SSSR count). The Morgan fingerprint density at radius 3 is 2.06 bits per heavy atom. The lowest BCUT2D eigenvalue weighted by molar-refractivity contribution is -0.151. The monoisotopic (exact) mass is 481 g/mol. The van der Waals surface area contributed by atoms with Gasteiger partial charge in [0.05, 0.1) is 18.7 Å². The van der Waals surface area contributed by atoms with E-state index in [0.29, 0.717) is 24.7 Å². The molecule has 7 heteroatoms. The van der Waals surface area contributed by atoms with Gasteiger partial charge >= 0.3 is 5.97 Å². The summed E-state index contributed by atoms with van der Waals surface area (Å²) >= 11 is 0. The fraction of sp³-hybridized carbons (Fsp3) is 0.207. The van der Waals surface area contributed by atoms with Crippen molar-refractivity contribution < 1.29 is 19.1 Å². The minimum Gasteiger partial charge on any atom is -0.480 e. The van der Waals surface area contributed by atoms with E-state index in [4.69, 9.17) is 4.42 Å². The molecule has 182 valence electrons. The van der Waals surface area contributed by atoms with Crippen LogP contribution in [0.25, 0.3) is 0 Å². The van der Waals surface area contributed by atoms with Crippen LogP contribution in [0.2, 0.25) is 0 Å². The zero-order valence-electron chi connectivity index (χ0n) is 19.7. The molecule has 1 aromatic heterocycles. The Balaban J connectivity index is 1.36. The predicted molar refractivity (Wildman–Crippen MR) is 136 cm³/mol. The molecule has 0 saturated carbocycles. The van der Waals surface area contributed by atoms with Crippen LogP contribution in [0.1, 0.15) is 28.4 Å². The molecule has 1 aliphatic rings. The quantitative estimate of drug-likeness (QED) is 0.426. The van der Waals surface area contributed by atoms with Crippen LogP contribution in [-0.4, -0.2) is 52.5 Å². The van der Waals surface area contributed by atoms with E-state index < -0.39 is 17.9 Å². The number of aromatic nitrogens is 1. The Bertz CT molecular complexity index is 1270. The van der Waals surface area contributed by atoms with Crippen molar-refractivity contribution in [3.05, 3.63) is 120 Å². The molecule has 0 bridgehead atoms. The molecule has 2 heterocycles. The van der Waals surface area contributed by atoms with Crippen molar-refractivity contribution in [1.82, 2.24) is 9.88 Å². The highest BCUT2D eigenvalue weighted by Crippen LogP contribution is 2.29. The van der Waals surface area contributed by atoms with E-state index in [9.17, 15) is 14.7 Å². The van der Waals surface area contributed by atoms with Gasteiger partial charge in [0.15, 0.2) is 0 Å². The summed E-state index contributed by atoms with van der Waals surface area (Å²) in [5.41, 5.74) is 2.77. The second kappa shape index (κ2) is 10.5. The summed E-state index contributed by atoms with van der Waals surface area (Å²) in [6, 6.07) is 28.3. The highest BCUT2D eigenvalue weighted by Gasteiger charge is 2.40. The van der Waals surface area contributed by atoms with E-state index in [2.05, 4.69) is 4.98 Å². The largest absolute Gasteiger partial charge is 0.480 e. The van der Waals surface area contributed by atoms with Gasteiger partial charge in [-0.2, -0.15) is 0 Å². The van der Waals surface area contributed by atoms with Gasteiger partial charge in [-0.15, -0.1) is 0 Å². The third-order valence-electron chi connectivity index (χ3n) is 6.49. The number of carbonyl (C=O) groups is 2. The highest BCUT2D eigenvalue weighted by molar-refractivity contribution is 5.91. The fourth-order valence-electron chi connectivity index (χ4n) is 4.69. The number of hydrogen-bond donors (Lipinski definition) is 1. The fourth-order valence-corrected chi connectivity index (χ4v) is 4.69. The van der Waals surface area contributed by atoms with Gasteiger partial charge in [0.1, 0.15) is 11.8 Å². The second-order valence-electron chi connectivity index (χ2n) is 8.86. The summed E-state index contributed by atoms with van der Waals surface area (Å²) in [5, 5.41) is 10.1. The first-order valence-corrected chi connectivity index (χ1v) is 12.0. The van der Waals surface area contributed by atoms with Crippen molar-refractivity contribution in [2.75, 3.05) is 24.5 Å². The molecule has 36 heavy (non-hydrogen) atoms. The third-order valence-corrected chi connectivity index (χ3v) is 6.49. The van der Waals surface area contributed by atoms with Crippen molar-refractivity contribution in [2.24, 2.45) is 0 Å². The first kappa shape index (κ1) is 23.4. The normalized spacial score (nSPS) is 15.8. The molecule has 1 atom stereocenters. The molecule has 0 spiro atoms. The number of hydrogen-bond acceptors (Lipinski definition) is 5. The highest BCUT2D eigenvalue weighted by atomic mass is 16.4. The van der Waals surface area contributed by atoms with Crippen LogP contribution in [0, 0.1) is 0 Å². The van der Waals surface area contributed by atoms with Crippen LogP contribution in [-0.2, 0) is 16.0 Å². The smallest absolute Gasteiger partial charge is 0.328 e. The molecule has 0 unspecified atom stereocenters. The van der Waals surface area contributed by atoms with Gasteiger partial charge in [-0.1, -0.05) is 91.0 Å². The van der Waals surface area contributed by atoms with Crippen molar-refractivity contribution in [1.29, 1.82) is 0 Å². The molecule has 1 amide bonds. The van der Waals surface area contributed by atoms with E-state index in [1.165, 1.54) is 4.90 Å². The summed E-state index contributed by atoms with van der Waals surface area (Å²) in [6.07, 6.45) is 2.28. The summed E-state index contributed by atoms with van der Waals surface area (Å²) in [5.74, 6) is -1.16. The van der Waals surface area contributed by atoms with Gasteiger partial charge in [0.25, 0.3) is 6.01 Å². The molecule has 7 nitrogen and oxygen atoms in total. The molecule has 1 aliphatic heterocycles. The van der Waals surface area contributed by atoms with Gasteiger partial charge in [-0.25, -0.2) is 9.78 Å². The van der Waals surface area contributed by atoms with Crippen molar-refractivity contribution in [3.8, 4) is 0 Å². The number of nitrogens with zero attached hydrogens (tertiary/aromatic N) is 3. The Hall–Kier alpha value is -4.39. The molecule has 1 fully saturated rings. The molecular formula is C29H27N3O4. The maximum Gasteiger partial charge on any atom is 0.328 e. The van der Waals surface area contributed by atoms with Crippen LogP contribution in [0.4, 0.5) is 6.01 Å². The Morgan fingerprint density at radius 1 is 0.889 bits per heavy atom. The number of rotatable bonds is 7. The van der Waals surface area contributed by atoms with E-state index in [-0.39, 0.29) is 19.0 Å². The Labute approximate surface area is 209 Å². The lowest BCUT2D eigenvalue weighted by Gasteiger charge is -2.40. The van der Waals surface area contributed by atoms with E-state index in [1.54, 1.807) is 11.1 Å². The number of benzene rings is 3. The number of carboxylic acid groups (broad SMARTS) is 1. The first-order chi connectivity index (χ1) is 17.6. The minimum absolute atomic E-state index is 0.0999. The number of anilines is 1. The Morgan fingerprint density at radius 2 is 1.47 bits per heavy atom. The molecule has 3 aromatic carbocycles. The third kappa shape index (κ3) is 5.00. The summed E-state index contributed by atoms with van der Waals surface area (Å²) in [7, 11) is 0. The summed E-state index contributed by atoms with van der Waals surface area (Å²) in [4.78, 5) is 33.9. The number of carbonyl (C=O) groups excluding carboxylic acids is 1. The first-order valence-electron chi connectivity index (χ1n) is 12.0. The average Bonchev–Trinajstić information content (AvgIpc) is 3.38. The van der Waals surface area contributed by atoms with Crippen LogP contribution >= 0.6 is 0 Å². The van der Waals surface area contributed by atoms with Gasteiger partial charge < -0.3 is 19.3 Å². The topological polar surface area (TPSA) is 86.9 Å². The van der Waals surface area contributed by atoms with E-state index in [0.717, 1.165) is 16.7 Å². The molecule has 1 saturated heterocycles. The van der Waals surface area contributed by atoms with Crippen LogP contribution in [0.3, 0.4) is 0 Å². The molecular weight excluding hydrogens is 454 g/mol. The summed E-state index contributed by atoms with van der Waals surface area (Å²) < 4.78 is 5.96. The molecule has 4 aromatic rings. The standard InChI is InChI=1S/C29H27N3O4/c33-27(26(22-12-6-2-7-13-22)23-14-8-3-9-15-23)32-17-16-31(20-25(32)28(34)35)29-30-19-24(36-29)18-21-10-4-1-5-11-21/h1-15,19,25-26H,16-18,20H2,(H,34,35)/t25-/m0/s1.